The van der Waals surface area contributed by atoms with E-state index in [1.807, 2.05) is 12.1 Å². The molecule has 24 heavy (non-hydrogen) atoms. The number of amides is 1. The second kappa shape index (κ2) is 7.68. The number of benzene rings is 1. The summed E-state index contributed by atoms with van der Waals surface area (Å²) in [6.45, 7) is 6.66. The van der Waals surface area contributed by atoms with Crippen molar-refractivity contribution < 1.29 is 9.90 Å². The maximum atomic E-state index is 12.1. The maximum absolute atomic E-state index is 12.1. The van der Waals surface area contributed by atoms with Gasteiger partial charge < -0.3 is 15.3 Å². The van der Waals surface area contributed by atoms with Gasteiger partial charge in [0.15, 0.2) is 0 Å². The Bertz CT molecular complexity index is 676. The molecular formula is C18H23N3O2S. The SMILES string of the molecule is Cc1ccc(CNC(=O)CN2CCN(c3ccc(O)cc3)CC2)s1. The molecule has 1 amide bonds. The fourth-order valence-electron chi connectivity index (χ4n) is 2.85. The molecule has 2 aromatic rings. The molecule has 0 aliphatic carbocycles. The number of anilines is 1. The van der Waals surface area contributed by atoms with Crippen LogP contribution in [0.25, 0.3) is 0 Å². The molecule has 3 rings (SSSR count). The van der Waals surface area contributed by atoms with Gasteiger partial charge >= 0.3 is 0 Å². The molecule has 1 saturated heterocycles. The fourth-order valence-corrected chi connectivity index (χ4v) is 3.68. The minimum absolute atomic E-state index is 0.0825. The lowest BCUT2D eigenvalue weighted by Gasteiger charge is -2.35. The summed E-state index contributed by atoms with van der Waals surface area (Å²) in [5, 5.41) is 12.4. The standard InChI is InChI=1S/C18H23N3O2S/c1-14-2-7-17(24-14)12-19-18(23)13-20-8-10-21(11-9-20)15-3-5-16(22)6-4-15/h2-7,22H,8-13H2,1H3,(H,19,23). The number of nitrogens with one attached hydrogen (secondary N) is 1. The van der Waals surface area contributed by atoms with Crippen molar-refractivity contribution in [2.24, 2.45) is 0 Å². The highest BCUT2D eigenvalue weighted by atomic mass is 32.1. The number of hydrogen-bond acceptors (Lipinski definition) is 5. The molecule has 0 spiro atoms. The van der Waals surface area contributed by atoms with Crippen LogP contribution >= 0.6 is 11.3 Å². The summed E-state index contributed by atoms with van der Waals surface area (Å²) < 4.78 is 0. The summed E-state index contributed by atoms with van der Waals surface area (Å²) in [5.74, 6) is 0.370. The van der Waals surface area contributed by atoms with E-state index in [1.165, 1.54) is 9.75 Å². The first-order valence-electron chi connectivity index (χ1n) is 8.18. The van der Waals surface area contributed by atoms with Crippen LogP contribution < -0.4 is 10.2 Å². The van der Waals surface area contributed by atoms with Gasteiger partial charge in [0.05, 0.1) is 13.1 Å². The molecule has 1 aromatic heterocycles. The summed E-state index contributed by atoms with van der Waals surface area (Å²) in [5.41, 5.74) is 1.12. The molecule has 0 unspecified atom stereocenters. The van der Waals surface area contributed by atoms with Crippen LogP contribution in [0.5, 0.6) is 5.75 Å². The lowest BCUT2D eigenvalue weighted by atomic mass is 10.2. The number of carbonyl (C=O) groups is 1. The first kappa shape index (κ1) is 16.8. The van der Waals surface area contributed by atoms with Crippen LogP contribution in [-0.4, -0.2) is 48.6 Å². The van der Waals surface area contributed by atoms with Gasteiger partial charge in [0, 0.05) is 41.6 Å². The van der Waals surface area contributed by atoms with E-state index < -0.39 is 0 Å². The quantitative estimate of drug-likeness (QED) is 0.872. The highest BCUT2D eigenvalue weighted by Crippen LogP contribution is 2.19. The van der Waals surface area contributed by atoms with Gasteiger partial charge in [0.1, 0.15) is 5.75 Å². The average Bonchev–Trinajstić information content (AvgIpc) is 3.00. The van der Waals surface area contributed by atoms with E-state index in [2.05, 4.69) is 34.2 Å². The average molecular weight is 345 g/mol. The molecule has 5 nitrogen and oxygen atoms in total. The summed E-state index contributed by atoms with van der Waals surface area (Å²) in [6.07, 6.45) is 0. The molecule has 1 fully saturated rings. The lowest BCUT2D eigenvalue weighted by molar-refractivity contribution is -0.122. The first-order valence-corrected chi connectivity index (χ1v) is 9.00. The molecule has 2 N–H and O–H groups in total. The van der Waals surface area contributed by atoms with Crippen LogP contribution in [0.3, 0.4) is 0 Å². The van der Waals surface area contributed by atoms with Gasteiger partial charge in [0.25, 0.3) is 0 Å². The molecule has 0 bridgehead atoms. The van der Waals surface area contributed by atoms with Crippen molar-refractivity contribution in [2.75, 3.05) is 37.6 Å². The van der Waals surface area contributed by atoms with Crippen molar-refractivity contribution >= 4 is 22.9 Å². The van der Waals surface area contributed by atoms with Crippen LogP contribution in [0.2, 0.25) is 0 Å². The largest absolute Gasteiger partial charge is 0.508 e. The number of phenolic OH excluding ortho intramolecular Hbond substituents is 1. The van der Waals surface area contributed by atoms with Crippen LogP contribution in [0.1, 0.15) is 9.75 Å². The Hall–Kier alpha value is -2.05. The first-order chi connectivity index (χ1) is 11.6. The molecule has 1 aliphatic rings. The maximum Gasteiger partial charge on any atom is 0.234 e. The number of hydrogen-bond donors (Lipinski definition) is 2. The summed E-state index contributed by atoms with van der Waals surface area (Å²) in [7, 11) is 0. The Morgan fingerprint density at radius 3 is 2.46 bits per heavy atom. The third kappa shape index (κ3) is 4.49. The zero-order chi connectivity index (χ0) is 16.9. The number of nitrogens with zero attached hydrogens (tertiary/aromatic N) is 2. The summed E-state index contributed by atoms with van der Waals surface area (Å²) in [6, 6.07) is 11.4. The van der Waals surface area contributed by atoms with Gasteiger partial charge in [-0.2, -0.15) is 0 Å². The third-order valence-electron chi connectivity index (χ3n) is 4.21. The smallest absolute Gasteiger partial charge is 0.234 e. The van der Waals surface area contributed by atoms with Gasteiger partial charge in [-0.15, -0.1) is 11.3 Å². The number of aromatic hydroxyl groups is 1. The van der Waals surface area contributed by atoms with Crippen molar-refractivity contribution in [3.05, 3.63) is 46.2 Å². The van der Waals surface area contributed by atoms with Crippen molar-refractivity contribution in [2.45, 2.75) is 13.5 Å². The molecule has 0 radical (unpaired) electrons. The van der Waals surface area contributed by atoms with Gasteiger partial charge in [-0.05, 0) is 43.3 Å². The van der Waals surface area contributed by atoms with Crippen molar-refractivity contribution in [3.63, 3.8) is 0 Å². The van der Waals surface area contributed by atoms with Crippen LogP contribution in [0.15, 0.2) is 36.4 Å². The minimum Gasteiger partial charge on any atom is -0.508 e. The highest BCUT2D eigenvalue weighted by Gasteiger charge is 2.19. The topological polar surface area (TPSA) is 55.8 Å². The van der Waals surface area contributed by atoms with Gasteiger partial charge in [-0.25, -0.2) is 0 Å². The molecule has 128 valence electrons. The zero-order valence-electron chi connectivity index (χ0n) is 13.9. The van der Waals surface area contributed by atoms with Crippen molar-refractivity contribution in [1.82, 2.24) is 10.2 Å². The minimum atomic E-state index is 0.0825. The second-order valence-electron chi connectivity index (χ2n) is 6.07. The lowest BCUT2D eigenvalue weighted by Crippen LogP contribution is -2.49. The highest BCUT2D eigenvalue weighted by molar-refractivity contribution is 7.11. The van der Waals surface area contributed by atoms with Crippen molar-refractivity contribution in [3.8, 4) is 5.75 Å². The molecule has 0 atom stereocenters. The Kier molecular flexibility index (Phi) is 5.37. The zero-order valence-corrected chi connectivity index (χ0v) is 14.7. The molecule has 0 saturated carbocycles. The van der Waals surface area contributed by atoms with E-state index in [9.17, 15) is 9.90 Å². The molecule has 2 heterocycles. The molecular weight excluding hydrogens is 322 g/mol. The van der Waals surface area contributed by atoms with Crippen LogP contribution in [0, 0.1) is 6.92 Å². The van der Waals surface area contributed by atoms with Crippen LogP contribution in [-0.2, 0) is 11.3 Å². The van der Waals surface area contributed by atoms with E-state index >= 15 is 0 Å². The third-order valence-corrected chi connectivity index (χ3v) is 5.21. The van der Waals surface area contributed by atoms with E-state index in [1.54, 1.807) is 23.5 Å². The van der Waals surface area contributed by atoms with Crippen LogP contribution in [0.4, 0.5) is 5.69 Å². The van der Waals surface area contributed by atoms with E-state index in [0.717, 1.165) is 31.9 Å². The van der Waals surface area contributed by atoms with Gasteiger partial charge in [-0.3, -0.25) is 9.69 Å². The Morgan fingerprint density at radius 2 is 1.83 bits per heavy atom. The Morgan fingerprint density at radius 1 is 1.12 bits per heavy atom. The Balaban J connectivity index is 1.41. The van der Waals surface area contributed by atoms with Crippen molar-refractivity contribution in [1.29, 1.82) is 0 Å². The number of rotatable bonds is 5. The fraction of sp³-hybridized carbons (Fsp3) is 0.389. The number of carbonyl (C=O) groups excluding carboxylic acids is 1. The molecule has 6 heteroatoms. The van der Waals surface area contributed by atoms with E-state index in [0.29, 0.717) is 13.1 Å². The van der Waals surface area contributed by atoms with E-state index in [-0.39, 0.29) is 11.7 Å². The monoisotopic (exact) mass is 345 g/mol. The number of thiophene rings is 1. The molecule has 1 aromatic carbocycles. The predicted molar refractivity (Wildman–Crippen MR) is 97.7 cm³/mol. The number of phenols is 1. The normalized spacial score (nSPS) is 15.5. The van der Waals surface area contributed by atoms with E-state index in [4.69, 9.17) is 0 Å². The number of aryl methyl sites for hydroxylation is 1. The van der Waals surface area contributed by atoms with Gasteiger partial charge in [0.2, 0.25) is 5.91 Å². The number of piperazine rings is 1. The second-order valence-corrected chi connectivity index (χ2v) is 7.44. The summed E-state index contributed by atoms with van der Waals surface area (Å²) in [4.78, 5) is 19.0. The molecule has 1 aliphatic heterocycles. The predicted octanol–water partition coefficient (Wildman–Crippen LogP) is 2.20. The van der Waals surface area contributed by atoms with Gasteiger partial charge in [-0.1, -0.05) is 0 Å². The summed E-state index contributed by atoms with van der Waals surface area (Å²) >= 11 is 1.72. The Labute approximate surface area is 146 Å².